The van der Waals surface area contributed by atoms with Crippen molar-refractivity contribution in [3.8, 4) is 11.5 Å². The van der Waals surface area contributed by atoms with Crippen molar-refractivity contribution in [1.29, 1.82) is 0 Å². The van der Waals surface area contributed by atoms with E-state index in [-0.39, 0.29) is 23.6 Å². The Morgan fingerprint density at radius 3 is 2.32 bits per heavy atom. The quantitative estimate of drug-likeness (QED) is 0.499. The number of alkyl halides is 3. The Hall–Kier alpha value is -2.45. The second kappa shape index (κ2) is 9.30. The predicted molar refractivity (Wildman–Crippen MR) is 125 cm³/mol. The minimum Gasteiger partial charge on any atom is -0.351 e. The van der Waals surface area contributed by atoms with Crippen LogP contribution in [0.2, 0.25) is 0 Å². The number of fused-ring (bicyclic) bond motifs is 2. The summed E-state index contributed by atoms with van der Waals surface area (Å²) in [6.45, 7) is 4.36. The molecule has 2 aromatic heterocycles. The molecule has 2 bridgehead atoms. The molecule has 2 N–H and O–H groups in total. The Morgan fingerprint density at radius 2 is 1.68 bits per heavy atom. The van der Waals surface area contributed by atoms with Crippen LogP contribution >= 0.6 is 0 Å². The van der Waals surface area contributed by atoms with E-state index in [1.807, 2.05) is 0 Å². The van der Waals surface area contributed by atoms with Gasteiger partial charge in [-0.25, -0.2) is 4.98 Å². The van der Waals surface area contributed by atoms with Crippen LogP contribution in [0.15, 0.2) is 18.2 Å². The van der Waals surface area contributed by atoms with Gasteiger partial charge in [-0.2, -0.15) is 28.1 Å². The highest BCUT2D eigenvalue weighted by Crippen LogP contribution is 2.45. The molecule has 3 aliphatic rings. The number of anilines is 2. The number of rotatable bonds is 7. The fourth-order valence-corrected chi connectivity index (χ4v) is 5.84. The van der Waals surface area contributed by atoms with E-state index in [0.29, 0.717) is 29.7 Å². The van der Waals surface area contributed by atoms with Gasteiger partial charge in [0.15, 0.2) is 5.82 Å². The Kier molecular flexibility index (Phi) is 6.37. The van der Waals surface area contributed by atoms with Crippen molar-refractivity contribution in [3.05, 3.63) is 23.9 Å². The monoisotopic (exact) mass is 474 g/mol. The second-order valence-corrected chi connectivity index (χ2v) is 10.3. The van der Waals surface area contributed by atoms with Crippen molar-refractivity contribution in [2.45, 2.75) is 83.5 Å². The highest BCUT2D eigenvalue weighted by Gasteiger charge is 2.40. The molecule has 3 aliphatic carbocycles. The molecule has 6 nitrogen and oxygen atoms in total. The third kappa shape index (κ3) is 5.13. The number of halogens is 3. The molecule has 34 heavy (non-hydrogen) atoms. The summed E-state index contributed by atoms with van der Waals surface area (Å²) in [4.78, 5) is 17.5. The molecule has 2 unspecified atom stereocenters. The highest BCUT2D eigenvalue weighted by atomic mass is 19.4. The van der Waals surface area contributed by atoms with Crippen molar-refractivity contribution in [1.82, 2.24) is 19.9 Å². The Morgan fingerprint density at radius 1 is 0.971 bits per heavy atom. The zero-order valence-electron chi connectivity index (χ0n) is 19.8. The lowest BCUT2D eigenvalue weighted by Crippen LogP contribution is -2.45. The maximum absolute atomic E-state index is 13.3. The number of nitrogens with zero attached hydrogens (tertiary/aromatic N) is 4. The second-order valence-electron chi connectivity index (χ2n) is 10.3. The van der Waals surface area contributed by atoms with Gasteiger partial charge < -0.3 is 10.6 Å². The fourth-order valence-electron chi connectivity index (χ4n) is 5.84. The van der Waals surface area contributed by atoms with Gasteiger partial charge >= 0.3 is 6.18 Å². The molecule has 3 saturated carbocycles. The van der Waals surface area contributed by atoms with E-state index in [0.717, 1.165) is 24.8 Å². The van der Waals surface area contributed by atoms with E-state index < -0.39 is 11.9 Å². The molecule has 5 rings (SSSR count). The molecule has 0 aromatic carbocycles. The summed E-state index contributed by atoms with van der Waals surface area (Å²) < 4.78 is 39.8. The summed E-state index contributed by atoms with van der Waals surface area (Å²) in [7, 11) is 0. The number of aromatic nitrogens is 4. The SMILES string of the molecule is CCC1CC2CCCC(C1)C2Nc1nc(N[C@H](C)C2CC2)nc(-c2cccc(C(F)(F)F)n2)n1. The number of hydrogen-bond acceptors (Lipinski definition) is 6. The van der Waals surface area contributed by atoms with Crippen molar-refractivity contribution in [2.24, 2.45) is 23.7 Å². The molecule has 0 spiro atoms. The van der Waals surface area contributed by atoms with Crippen LogP contribution in [0.3, 0.4) is 0 Å². The van der Waals surface area contributed by atoms with Crippen molar-refractivity contribution >= 4 is 11.9 Å². The third-order valence-corrected chi connectivity index (χ3v) is 7.90. The molecule has 9 heteroatoms. The van der Waals surface area contributed by atoms with Gasteiger partial charge in [0.25, 0.3) is 0 Å². The van der Waals surface area contributed by atoms with Gasteiger partial charge in [0.1, 0.15) is 11.4 Å². The standard InChI is InChI=1S/C25H33F3N6/c1-3-15-12-17-6-4-7-18(13-15)21(17)31-24-33-22(19-8-5-9-20(30-19)25(26,27)28)32-23(34-24)29-14(2)16-10-11-16/h5,8-9,14-18,21H,3-4,6-7,10-13H2,1-2H3,(H2,29,31,32,33,34)/t14-,15?,17?,18?,21?/m1/s1. The first-order valence-corrected chi connectivity index (χ1v) is 12.6. The van der Waals surface area contributed by atoms with Gasteiger partial charge in [-0.3, -0.25) is 0 Å². The zero-order chi connectivity index (χ0) is 23.9. The normalized spacial score (nSPS) is 27.8. The minimum absolute atomic E-state index is 0.0947. The van der Waals surface area contributed by atoms with E-state index in [2.05, 4.69) is 44.4 Å². The largest absolute Gasteiger partial charge is 0.433 e. The maximum Gasteiger partial charge on any atom is 0.433 e. The van der Waals surface area contributed by atoms with E-state index in [1.54, 1.807) is 0 Å². The number of pyridine rings is 1. The average molecular weight is 475 g/mol. The summed E-state index contributed by atoms with van der Waals surface area (Å²) in [5.74, 6) is 3.46. The Bertz CT molecular complexity index is 994. The predicted octanol–water partition coefficient (Wildman–Crippen LogP) is 6.18. The van der Waals surface area contributed by atoms with Crippen molar-refractivity contribution in [2.75, 3.05) is 10.6 Å². The van der Waals surface area contributed by atoms with Gasteiger partial charge in [0.05, 0.1) is 0 Å². The van der Waals surface area contributed by atoms with Gasteiger partial charge in [-0.15, -0.1) is 0 Å². The summed E-state index contributed by atoms with van der Waals surface area (Å²) >= 11 is 0. The average Bonchev–Trinajstić information content (AvgIpc) is 3.64. The van der Waals surface area contributed by atoms with E-state index in [4.69, 9.17) is 0 Å². The first-order valence-electron chi connectivity index (χ1n) is 12.6. The van der Waals surface area contributed by atoms with Crippen LogP contribution in [0.25, 0.3) is 11.5 Å². The molecule has 2 aromatic rings. The van der Waals surface area contributed by atoms with Crippen molar-refractivity contribution < 1.29 is 13.2 Å². The summed E-state index contributed by atoms with van der Waals surface area (Å²) in [6.07, 6.45) is 5.08. The van der Waals surface area contributed by atoms with Crippen LogP contribution in [-0.2, 0) is 6.18 Å². The smallest absolute Gasteiger partial charge is 0.351 e. The van der Waals surface area contributed by atoms with Gasteiger partial charge in [0.2, 0.25) is 11.9 Å². The van der Waals surface area contributed by atoms with Crippen LogP contribution in [0.5, 0.6) is 0 Å². The summed E-state index contributed by atoms with van der Waals surface area (Å²) in [5.41, 5.74) is -0.856. The number of hydrogen-bond donors (Lipinski definition) is 2. The van der Waals surface area contributed by atoms with Gasteiger partial charge in [0, 0.05) is 12.1 Å². The summed E-state index contributed by atoms with van der Waals surface area (Å²) in [6, 6.07) is 4.31. The topological polar surface area (TPSA) is 75.6 Å². The fraction of sp³-hybridized carbons (Fsp3) is 0.680. The number of nitrogens with one attached hydrogen (secondary N) is 2. The van der Waals surface area contributed by atoms with Crippen LogP contribution < -0.4 is 10.6 Å². The highest BCUT2D eigenvalue weighted by molar-refractivity contribution is 5.54. The molecule has 3 fully saturated rings. The lowest BCUT2D eigenvalue weighted by molar-refractivity contribution is -0.141. The van der Waals surface area contributed by atoms with E-state index in [9.17, 15) is 13.2 Å². The van der Waals surface area contributed by atoms with E-state index in [1.165, 1.54) is 50.7 Å². The molecular formula is C25H33F3N6. The summed E-state index contributed by atoms with van der Waals surface area (Å²) in [5, 5.41) is 6.94. The van der Waals surface area contributed by atoms with Crippen LogP contribution in [0.4, 0.5) is 25.1 Å². The van der Waals surface area contributed by atoms with Gasteiger partial charge in [-0.05, 0) is 81.3 Å². The molecule has 0 radical (unpaired) electrons. The van der Waals surface area contributed by atoms with E-state index >= 15 is 0 Å². The minimum atomic E-state index is -4.53. The molecular weight excluding hydrogens is 441 g/mol. The molecule has 0 aliphatic heterocycles. The van der Waals surface area contributed by atoms with Crippen LogP contribution in [-0.4, -0.2) is 32.0 Å². The van der Waals surface area contributed by atoms with Gasteiger partial charge in [-0.1, -0.05) is 25.8 Å². The van der Waals surface area contributed by atoms with Crippen LogP contribution in [0.1, 0.15) is 70.9 Å². The lowest BCUT2D eigenvalue weighted by Gasteiger charge is -2.46. The van der Waals surface area contributed by atoms with Crippen molar-refractivity contribution in [3.63, 3.8) is 0 Å². The molecule has 0 saturated heterocycles. The molecule has 3 atom stereocenters. The molecule has 0 amide bonds. The molecule has 184 valence electrons. The Balaban J connectivity index is 1.46. The first kappa shape index (κ1) is 23.3. The molecule has 2 heterocycles. The maximum atomic E-state index is 13.3. The van der Waals surface area contributed by atoms with Crippen LogP contribution in [0, 0.1) is 23.7 Å². The third-order valence-electron chi connectivity index (χ3n) is 7.90. The Labute approximate surface area is 198 Å². The first-order chi connectivity index (χ1) is 16.3. The zero-order valence-corrected chi connectivity index (χ0v) is 19.8. The lowest BCUT2D eigenvalue weighted by atomic mass is 9.64.